The molecule has 92 valence electrons. The Bertz CT molecular complexity index is 428. The van der Waals surface area contributed by atoms with Crippen molar-refractivity contribution < 1.29 is 4.79 Å². The third-order valence-corrected chi connectivity index (χ3v) is 3.95. The Labute approximate surface area is 108 Å². The van der Waals surface area contributed by atoms with Gasteiger partial charge in [-0.15, -0.1) is 12.6 Å². The third kappa shape index (κ3) is 2.83. The molecule has 1 N–H and O–H groups in total. The van der Waals surface area contributed by atoms with E-state index in [4.69, 9.17) is 0 Å². The van der Waals surface area contributed by atoms with Gasteiger partial charge in [0.05, 0.1) is 0 Å². The van der Waals surface area contributed by atoms with E-state index in [2.05, 4.69) is 31.8 Å². The second kappa shape index (κ2) is 4.73. The number of carbonyl (C=O) groups is 1. The average Bonchev–Trinajstić information content (AvgIpc) is 2.58. The minimum atomic E-state index is 0.0147. The average molecular weight is 249 g/mol. The summed E-state index contributed by atoms with van der Waals surface area (Å²) in [6.07, 6.45) is 3.47. The topological polar surface area (TPSA) is 29.1 Å². The van der Waals surface area contributed by atoms with Crippen molar-refractivity contribution in [1.82, 2.24) is 5.32 Å². The Morgan fingerprint density at radius 2 is 2.24 bits per heavy atom. The molecule has 0 aromatic heterocycles. The minimum absolute atomic E-state index is 0.0147. The van der Waals surface area contributed by atoms with Gasteiger partial charge in [0.15, 0.2) is 0 Å². The first-order valence-electron chi connectivity index (χ1n) is 6.09. The van der Waals surface area contributed by atoms with Crippen LogP contribution >= 0.6 is 12.6 Å². The lowest BCUT2D eigenvalue weighted by molar-refractivity contribution is 0.0910. The van der Waals surface area contributed by atoms with Crippen LogP contribution in [0.5, 0.6) is 0 Å². The van der Waals surface area contributed by atoms with E-state index >= 15 is 0 Å². The van der Waals surface area contributed by atoms with Gasteiger partial charge in [-0.05, 0) is 36.5 Å². The SMILES string of the molecule is CC1(C)CCCC1NC(=O)c1cccc(S)c1. The summed E-state index contributed by atoms with van der Waals surface area (Å²) in [5.74, 6) is 0.0147. The van der Waals surface area contributed by atoms with Crippen LogP contribution in [0.4, 0.5) is 0 Å². The van der Waals surface area contributed by atoms with Crippen LogP contribution in [-0.4, -0.2) is 11.9 Å². The van der Waals surface area contributed by atoms with Gasteiger partial charge in [0, 0.05) is 16.5 Å². The number of hydrogen-bond acceptors (Lipinski definition) is 2. The highest BCUT2D eigenvalue weighted by atomic mass is 32.1. The van der Waals surface area contributed by atoms with E-state index in [1.807, 2.05) is 18.2 Å². The fourth-order valence-corrected chi connectivity index (χ4v) is 2.71. The molecule has 1 saturated carbocycles. The summed E-state index contributed by atoms with van der Waals surface area (Å²) in [5.41, 5.74) is 0.911. The molecule has 3 heteroatoms. The predicted octanol–water partition coefficient (Wildman–Crippen LogP) is 3.28. The number of carbonyl (C=O) groups excluding carboxylic acids is 1. The molecule has 1 aromatic carbocycles. The van der Waals surface area contributed by atoms with Gasteiger partial charge in [-0.2, -0.15) is 0 Å². The first-order chi connectivity index (χ1) is 7.99. The van der Waals surface area contributed by atoms with E-state index in [0.29, 0.717) is 11.6 Å². The molecule has 0 bridgehead atoms. The first kappa shape index (κ1) is 12.5. The molecule has 0 radical (unpaired) electrons. The summed E-state index contributed by atoms with van der Waals surface area (Å²) in [6.45, 7) is 4.44. The number of nitrogens with one attached hydrogen (secondary N) is 1. The second-order valence-corrected chi connectivity index (χ2v) is 5.97. The van der Waals surface area contributed by atoms with E-state index < -0.39 is 0 Å². The Morgan fingerprint density at radius 1 is 1.47 bits per heavy atom. The Kier molecular flexibility index (Phi) is 3.48. The van der Waals surface area contributed by atoms with Gasteiger partial charge in [-0.3, -0.25) is 4.79 Å². The Morgan fingerprint density at radius 3 is 2.82 bits per heavy atom. The normalized spacial score (nSPS) is 22.4. The molecule has 1 aromatic rings. The number of amides is 1. The van der Waals surface area contributed by atoms with Gasteiger partial charge in [0.25, 0.3) is 5.91 Å². The fraction of sp³-hybridized carbons (Fsp3) is 0.500. The van der Waals surface area contributed by atoms with Crippen LogP contribution < -0.4 is 5.32 Å². The maximum absolute atomic E-state index is 12.1. The molecule has 2 nitrogen and oxygen atoms in total. The molecule has 1 fully saturated rings. The molecule has 2 rings (SSSR count). The quantitative estimate of drug-likeness (QED) is 0.774. The van der Waals surface area contributed by atoms with Gasteiger partial charge in [-0.25, -0.2) is 0 Å². The molecular weight excluding hydrogens is 230 g/mol. The molecule has 0 spiro atoms. The van der Waals surface area contributed by atoms with E-state index in [-0.39, 0.29) is 11.3 Å². The largest absolute Gasteiger partial charge is 0.349 e. The van der Waals surface area contributed by atoms with Crippen LogP contribution in [0, 0.1) is 5.41 Å². The highest BCUT2D eigenvalue weighted by molar-refractivity contribution is 7.80. The van der Waals surface area contributed by atoms with Gasteiger partial charge < -0.3 is 5.32 Å². The fourth-order valence-electron chi connectivity index (χ4n) is 2.48. The summed E-state index contributed by atoms with van der Waals surface area (Å²) in [4.78, 5) is 12.9. The summed E-state index contributed by atoms with van der Waals surface area (Å²) < 4.78 is 0. The van der Waals surface area contributed by atoms with Crippen molar-refractivity contribution in [2.75, 3.05) is 0 Å². The second-order valence-electron chi connectivity index (χ2n) is 5.46. The number of thiol groups is 1. The van der Waals surface area contributed by atoms with Crippen molar-refractivity contribution in [2.45, 2.75) is 44.0 Å². The van der Waals surface area contributed by atoms with Crippen molar-refractivity contribution in [3.8, 4) is 0 Å². The summed E-state index contributed by atoms with van der Waals surface area (Å²) in [5, 5.41) is 3.14. The van der Waals surface area contributed by atoms with Crippen LogP contribution in [0.15, 0.2) is 29.2 Å². The van der Waals surface area contributed by atoms with E-state index in [9.17, 15) is 4.79 Å². The minimum Gasteiger partial charge on any atom is -0.349 e. The summed E-state index contributed by atoms with van der Waals surface area (Å²) in [7, 11) is 0. The highest BCUT2D eigenvalue weighted by Crippen LogP contribution is 2.37. The Hall–Kier alpha value is -0.960. The zero-order valence-corrected chi connectivity index (χ0v) is 11.3. The van der Waals surface area contributed by atoms with Crippen molar-refractivity contribution in [3.63, 3.8) is 0 Å². The Balaban J connectivity index is 2.07. The maximum Gasteiger partial charge on any atom is 0.251 e. The van der Waals surface area contributed by atoms with Crippen LogP contribution in [0.1, 0.15) is 43.5 Å². The van der Waals surface area contributed by atoms with Crippen molar-refractivity contribution in [3.05, 3.63) is 29.8 Å². The van der Waals surface area contributed by atoms with E-state index in [1.54, 1.807) is 6.07 Å². The summed E-state index contributed by atoms with van der Waals surface area (Å²) >= 11 is 4.25. The van der Waals surface area contributed by atoms with E-state index in [1.165, 1.54) is 12.8 Å². The molecule has 1 unspecified atom stereocenters. The monoisotopic (exact) mass is 249 g/mol. The van der Waals surface area contributed by atoms with Gasteiger partial charge in [0.1, 0.15) is 0 Å². The molecule has 1 aliphatic carbocycles. The van der Waals surface area contributed by atoms with Crippen LogP contribution in [0.2, 0.25) is 0 Å². The van der Waals surface area contributed by atoms with Gasteiger partial charge >= 0.3 is 0 Å². The number of hydrogen-bond donors (Lipinski definition) is 2. The molecule has 17 heavy (non-hydrogen) atoms. The number of benzene rings is 1. The molecule has 0 saturated heterocycles. The van der Waals surface area contributed by atoms with E-state index in [0.717, 1.165) is 11.3 Å². The van der Waals surface area contributed by atoms with Crippen molar-refractivity contribution in [1.29, 1.82) is 0 Å². The first-order valence-corrected chi connectivity index (χ1v) is 6.54. The molecular formula is C14H19NOS. The number of rotatable bonds is 2. The molecule has 1 atom stereocenters. The molecule has 1 aliphatic rings. The van der Waals surface area contributed by atoms with Crippen LogP contribution in [0.3, 0.4) is 0 Å². The molecule has 1 amide bonds. The molecule has 0 aliphatic heterocycles. The van der Waals surface area contributed by atoms with Crippen molar-refractivity contribution in [2.24, 2.45) is 5.41 Å². The maximum atomic E-state index is 12.1. The lowest BCUT2D eigenvalue weighted by atomic mass is 9.87. The predicted molar refractivity (Wildman–Crippen MR) is 72.6 cm³/mol. The molecule has 0 heterocycles. The van der Waals surface area contributed by atoms with Gasteiger partial charge in [0.2, 0.25) is 0 Å². The van der Waals surface area contributed by atoms with Crippen molar-refractivity contribution >= 4 is 18.5 Å². The van der Waals surface area contributed by atoms with Crippen LogP contribution in [0.25, 0.3) is 0 Å². The lowest BCUT2D eigenvalue weighted by Crippen LogP contribution is -2.41. The zero-order chi connectivity index (χ0) is 12.5. The zero-order valence-electron chi connectivity index (χ0n) is 10.4. The third-order valence-electron chi connectivity index (χ3n) is 3.67. The van der Waals surface area contributed by atoms with Crippen LogP contribution in [-0.2, 0) is 0 Å². The smallest absolute Gasteiger partial charge is 0.251 e. The highest BCUT2D eigenvalue weighted by Gasteiger charge is 2.35. The van der Waals surface area contributed by atoms with Gasteiger partial charge in [-0.1, -0.05) is 26.3 Å². The lowest BCUT2D eigenvalue weighted by Gasteiger charge is -2.27. The standard InChI is InChI=1S/C14H19NOS/c1-14(2)8-4-7-12(14)15-13(16)10-5-3-6-11(17)9-10/h3,5-6,9,12,17H,4,7-8H2,1-2H3,(H,15,16). The summed E-state index contributed by atoms with van der Waals surface area (Å²) in [6, 6.07) is 7.66.